The molecule has 278 valence electrons. The molecule has 10 N–H and O–H groups in total. The molecule has 0 aliphatic carbocycles. The van der Waals surface area contributed by atoms with E-state index in [0.717, 1.165) is 12.1 Å². The number of hydrogen-bond donors (Lipinski definition) is 8. The van der Waals surface area contributed by atoms with Crippen LogP contribution in [0.4, 0.5) is 17.1 Å². The first-order chi connectivity index (χ1) is 23.9. The van der Waals surface area contributed by atoms with E-state index in [1.165, 1.54) is 42.5 Å². The molecular weight excluding hydrogens is 790 g/mol. The average molecular weight is 818 g/mol. The van der Waals surface area contributed by atoms with Crippen LogP contribution in [0.1, 0.15) is 15.9 Å². The first kappa shape index (κ1) is 40.0. The maximum absolute atomic E-state index is 12.7. The van der Waals surface area contributed by atoms with Gasteiger partial charge in [0.15, 0.2) is 9.84 Å². The van der Waals surface area contributed by atoms with E-state index in [-0.39, 0.29) is 55.9 Å². The molecule has 0 heterocycles. The fraction of sp³-hybridized carbons (Fsp3) is 0.100. The number of carbonyl (C=O) groups is 1. The molecule has 0 saturated carbocycles. The number of hydrogen-bond acceptors (Lipinski definition) is 13. The highest BCUT2D eigenvalue weighted by molar-refractivity contribution is 7.90. The topological polar surface area (TPSA) is 319 Å². The Balaban J connectivity index is 0.000000259. The van der Waals surface area contributed by atoms with E-state index in [4.69, 9.17) is 32.2 Å². The summed E-state index contributed by atoms with van der Waals surface area (Å²) in [6.45, 7) is 0. The maximum atomic E-state index is 12.7. The Morgan fingerprint density at radius 1 is 0.654 bits per heavy atom. The Labute approximate surface area is 301 Å². The number of carbonyl (C=O) groups excluding carboxylic acids is 1. The number of phenols is 2. The molecule has 0 saturated heterocycles. The van der Waals surface area contributed by atoms with Gasteiger partial charge in [0.05, 0.1) is 22.9 Å². The summed E-state index contributed by atoms with van der Waals surface area (Å²) >= 11 is 5.51. The summed E-state index contributed by atoms with van der Waals surface area (Å²) in [6, 6.07) is 15.2. The summed E-state index contributed by atoms with van der Waals surface area (Å²) in [7, 11) is -17.7. The molecule has 5 aromatic rings. The highest BCUT2D eigenvalue weighted by Crippen LogP contribution is 2.39. The molecule has 5 rings (SSSR count). The third-order valence-corrected chi connectivity index (χ3v) is 12.0. The summed E-state index contributed by atoms with van der Waals surface area (Å²) < 4.78 is 120. The largest absolute Gasteiger partial charge is 0.507 e. The van der Waals surface area contributed by atoms with E-state index >= 15 is 0 Å². The van der Waals surface area contributed by atoms with E-state index in [2.05, 4.69) is 5.32 Å². The van der Waals surface area contributed by atoms with Crippen molar-refractivity contribution in [1.82, 2.24) is 0 Å². The first-order valence-electron chi connectivity index (χ1n) is 14.1. The predicted molar refractivity (Wildman–Crippen MR) is 192 cm³/mol. The van der Waals surface area contributed by atoms with Gasteiger partial charge in [-0.25, -0.2) is 8.42 Å². The van der Waals surface area contributed by atoms with Gasteiger partial charge in [0.1, 0.15) is 26.2 Å². The molecule has 0 fully saturated rings. The van der Waals surface area contributed by atoms with Gasteiger partial charge in [0.2, 0.25) is 0 Å². The number of phenolic OH excluding ortho intramolecular Hbond substituents is 2. The van der Waals surface area contributed by atoms with Crippen LogP contribution >= 0.6 is 11.6 Å². The number of rotatable bonds is 9. The summed E-state index contributed by atoms with van der Waals surface area (Å²) in [5.41, 5.74) is 11.5. The van der Waals surface area contributed by atoms with E-state index in [1.807, 2.05) is 0 Å². The molecule has 17 nitrogen and oxygen atoms in total. The predicted octanol–water partition coefficient (Wildman–Crippen LogP) is 3.40. The molecule has 0 bridgehead atoms. The second kappa shape index (κ2) is 14.7. The van der Waals surface area contributed by atoms with Crippen molar-refractivity contribution in [3.05, 3.63) is 83.9 Å². The molecule has 52 heavy (non-hydrogen) atoms. The summed E-state index contributed by atoms with van der Waals surface area (Å²) in [5, 5.41) is 21.8. The fourth-order valence-corrected chi connectivity index (χ4v) is 8.91. The van der Waals surface area contributed by atoms with Crippen molar-refractivity contribution in [1.29, 1.82) is 0 Å². The van der Waals surface area contributed by atoms with E-state index in [0.29, 0.717) is 11.6 Å². The Bertz CT molecular complexity index is 2710. The molecule has 0 atom stereocenters. The number of halogens is 1. The lowest BCUT2D eigenvalue weighted by Gasteiger charge is -2.12. The Kier molecular flexibility index (Phi) is 11.3. The molecule has 0 radical (unpaired) electrons. The Hall–Kier alpha value is -4.74. The van der Waals surface area contributed by atoms with Gasteiger partial charge in [-0.05, 0) is 42.0 Å². The average Bonchev–Trinajstić information content (AvgIpc) is 3.01. The van der Waals surface area contributed by atoms with Gasteiger partial charge in [-0.2, -0.15) is 25.3 Å². The van der Waals surface area contributed by atoms with Crippen molar-refractivity contribution >= 4 is 96.3 Å². The summed E-state index contributed by atoms with van der Waals surface area (Å²) in [4.78, 5) is 10.4. The van der Waals surface area contributed by atoms with Gasteiger partial charge in [0, 0.05) is 44.7 Å². The normalized spacial score (nSPS) is 12.3. The van der Waals surface area contributed by atoms with Crippen LogP contribution < -0.4 is 16.8 Å². The summed E-state index contributed by atoms with van der Waals surface area (Å²) in [5.74, 6) is -2.05. The van der Waals surface area contributed by atoms with Crippen molar-refractivity contribution in [2.75, 3.05) is 28.4 Å². The number of nitrogens with one attached hydrogen (secondary N) is 1. The maximum Gasteiger partial charge on any atom is 0.296 e. The van der Waals surface area contributed by atoms with Crippen LogP contribution in [0.25, 0.3) is 21.5 Å². The zero-order valence-corrected chi connectivity index (χ0v) is 30.1. The van der Waals surface area contributed by atoms with Crippen molar-refractivity contribution in [3.8, 4) is 11.5 Å². The van der Waals surface area contributed by atoms with E-state index in [1.54, 1.807) is 12.1 Å². The van der Waals surface area contributed by atoms with Crippen molar-refractivity contribution < 1.29 is 62.3 Å². The number of sulfone groups is 1. The number of nitrogen functional groups attached to an aromatic ring is 2. The Morgan fingerprint density at radius 3 is 1.85 bits per heavy atom. The molecule has 5 aromatic carbocycles. The number of aromatic hydroxyl groups is 2. The SMILES string of the molecule is Nc1c(O)cc(S(=O)(=O)O)c2cc(NC(=O)c3cccc(CS(=O)(=O)CCCl)c3)ccc12.Nc1c(S(=O)(=O)O)cc(S(=O)(=O)O)c2cccc(O)c12. The lowest BCUT2D eigenvalue weighted by molar-refractivity contribution is 0.102. The lowest BCUT2D eigenvalue weighted by atomic mass is 10.1. The van der Waals surface area contributed by atoms with Crippen molar-refractivity contribution in [3.63, 3.8) is 0 Å². The number of benzene rings is 5. The highest BCUT2D eigenvalue weighted by Gasteiger charge is 2.25. The minimum Gasteiger partial charge on any atom is -0.507 e. The van der Waals surface area contributed by atoms with Crippen LogP contribution in [0.3, 0.4) is 0 Å². The van der Waals surface area contributed by atoms with Crippen LogP contribution in [0.2, 0.25) is 0 Å². The molecule has 1 amide bonds. The molecule has 22 heteroatoms. The zero-order chi connectivity index (χ0) is 39.0. The minimum absolute atomic E-state index is 0.00141. The molecule has 0 aromatic heterocycles. The van der Waals surface area contributed by atoms with Gasteiger partial charge in [0.25, 0.3) is 36.3 Å². The third-order valence-electron chi connectivity index (χ3n) is 7.28. The lowest BCUT2D eigenvalue weighted by Crippen LogP contribution is -2.14. The fourth-order valence-electron chi connectivity index (χ4n) is 4.99. The monoisotopic (exact) mass is 817 g/mol. The molecule has 0 unspecified atom stereocenters. The minimum atomic E-state index is -4.84. The number of fused-ring (bicyclic) bond motifs is 2. The van der Waals surface area contributed by atoms with Crippen LogP contribution in [-0.4, -0.2) is 75.1 Å². The smallest absolute Gasteiger partial charge is 0.296 e. The van der Waals surface area contributed by atoms with Gasteiger partial charge in [-0.3, -0.25) is 18.5 Å². The van der Waals surface area contributed by atoms with Gasteiger partial charge < -0.3 is 27.0 Å². The van der Waals surface area contributed by atoms with Crippen LogP contribution in [0, 0.1) is 0 Å². The quantitative estimate of drug-likeness (QED) is 0.0457. The number of alkyl halides is 1. The second-order valence-corrected chi connectivity index (χ2v) is 17.6. The van der Waals surface area contributed by atoms with E-state index < -0.39 is 78.0 Å². The number of nitrogens with two attached hydrogens (primary N) is 2. The highest BCUT2D eigenvalue weighted by atomic mass is 35.5. The van der Waals surface area contributed by atoms with Crippen LogP contribution in [0.5, 0.6) is 11.5 Å². The molecular formula is C30H28ClN3O14S4. The zero-order valence-electron chi connectivity index (χ0n) is 26.1. The first-order valence-corrected chi connectivity index (χ1v) is 20.8. The van der Waals surface area contributed by atoms with Crippen LogP contribution in [-0.2, 0) is 45.9 Å². The van der Waals surface area contributed by atoms with Gasteiger partial charge in [-0.15, -0.1) is 11.6 Å². The van der Waals surface area contributed by atoms with Crippen molar-refractivity contribution in [2.45, 2.75) is 20.4 Å². The van der Waals surface area contributed by atoms with Crippen LogP contribution in [0.15, 0.2) is 87.5 Å². The van der Waals surface area contributed by atoms with Crippen molar-refractivity contribution in [2.24, 2.45) is 0 Å². The standard InChI is InChI=1S/C20H19ClN2O7S2.C10H9NO7S2/c21-6-7-31(26,27)11-12-2-1-3-13(8-12)20(25)23-14-4-5-15-16(9-14)18(32(28,29)30)10-17(24)19(15)22;11-10-8(20(16,17)18)4-7(19(13,14)15)5-2-1-3-6(12)9(5)10/h1-5,8-10,24H,6-7,11,22H2,(H,23,25)(H,28,29,30);1-4,12H,11H2,(H,13,14,15)(H,16,17,18). The molecule has 0 spiro atoms. The van der Waals surface area contributed by atoms with Gasteiger partial charge >= 0.3 is 0 Å². The second-order valence-electron chi connectivity index (χ2n) is 10.9. The molecule has 0 aliphatic rings. The summed E-state index contributed by atoms with van der Waals surface area (Å²) in [6.07, 6.45) is 0. The van der Waals surface area contributed by atoms with Gasteiger partial charge in [-0.1, -0.05) is 30.3 Å². The third kappa shape index (κ3) is 9.00. The Morgan fingerprint density at radius 2 is 1.25 bits per heavy atom. The molecule has 0 aliphatic heterocycles. The number of amides is 1. The number of anilines is 3. The van der Waals surface area contributed by atoms with E-state index in [9.17, 15) is 53.2 Å².